The maximum atomic E-state index is 12.6. The Morgan fingerprint density at radius 3 is 2.33 bits per heavy atom. The van der Waals surface area contributed by atoms with Gasteiger partial charge in [0, 0.05) is 6.54 Å². The summed E-state index contributed by atoms with van der Waals surface area (Å²) in [6.07, 6.45) is 9.40. The van der Waals surface area contributed by atoms with Gasteiger partial charge in [-0.25, -0.2) is 0 Å². The van der Waals surface area contributed by atoms with Crippen LogP contribution in [0.25, 0.3) is 0 Å². The Morgan fingerprint density at radius 2 is 1.71 bits per heavy atom. The maximum Gasteiger partial charge on any atom is 0.248 e. The average Bonchev–Trinajstić information content (AvgIpc) is 3.23. The van der Waals surface area contributed by atoms with E-state index >= 15 is 0 Å². The molecule has 2 rings (SSSR count). The van der Waals surface area contributed by atoms with E-state index in [0.717, 1.165) is 32.2 Å². The normalized spacial score (nSPS) is 25.1. The van der Waals surface area contributed by atoms with Crippen molar-refractivity contribution in [1.82, 2.24) is 10.2 Å². The summed E-state index contributed by atoms with van der Waals surface area (Å²) in [5, 5.41) is 2.89. The van der Waals surface area contributed by atoms with E-state index in [1.165, 1.54) is 25.7 Å². The Bertz CT molecular complexity index is 388. The molecular formula is C17H30N2O2. The number of piperazine rings is 1. The lowest BCUT2D eigenvalue weighted by Gasteiger charge is -2.43. The van der Waals surface area contributed by atoms with Crippen molar-refractivity contribution in [1.29, 1.82) is 0 Å². The smallest absolute Gasteiger partial charge is 0.248 e. The number of amides is 2. The second-order valence-electron chi connectivity index (χ2n) is 7.16. The predicted octanol–water partition coefficient (Wildman–Crippen LogP) is 2.86. The third-order valence-corrected chi connectivity index (χ3v) is 4.66. The third-order valence-electron chi connectivity index (χ3n) is 4.66. The van der Waals surface area contributed by atoms with Crippen LogP contribution in [0.4, 0.5) is 0 Å². The van der Waals surface area contributed by atoms with Gasteiger partial charge in [-0.05, 0) is 39.0 Å². The van der Waals surface area contributed by atoms with Crippen LogP contribution in [0.5, 0.6) is 0 Å². The number of carbonyl (C=O) groups is 2. The molecule has 21 heavy (non-hydrogen) atoms. The van der Waals surface area contributed by atoms with Crippen molar-refractivity contribution >= 4 is 11.8 Å². The first-order chi connectivity index (χ1) is 9.97. The SMILES string of the molecule is CCCCCCCCN1C(=O)C(C)(C)NC(=O)C1C1CC1. The molecule has 1 saturated carbocycles. The molecular weight excluding hydrogens is 264 g/mol. The molecule has 0 aromatic carbocycles. The standard InChI is InChI=1S/C17H30N2O2/c1-4-5-6-7-8-9-12-19-14(13-10-11-13)15(20)18-17(2,3)16(19)21/h13-14H,4-12H2,1-3H3,(H,18,20). The molecule has 2 amide bonds. The van der Waals surface area contributed by atoms with Crippen molar-refractivity contribution in [2.24, 2.45) is 5.92 Å². The average molecular weight is 294 g/mol. The number of carbonyl (C=O) groups excluding carboxylic acids is 2. The number of hydrogen-bond donors (Lipinski definition) is 1. The highest BCUT2D eigenvalue weighted by atomic mass is 16.2. The molecule has 0 bridgehead atoms. The minimum Gasteiger partial charge on any atom is -0.340 e. The maximum absolute atomic E-state index is 12.6. The molecule has 120 valence electrons. The minimum atomic E-state index is -0.745. The second-order valence-corrected chi connectivity index (χ2v) is 7.16. The molecule has 0 aromatic rings. The van der Waals surface area contributed by atoms with Crippen molar-refractivity contribution in [3.63, 3.8) is 0 Å². The van der Waals surface area contributed by atoms with Gasteiger partial charge in [0.05, 0.1) is 0 Å². The van der Waals surface area contributed by atoms with E-state index in [-0.39, 0.29) is 17.9 Å². The van der Waals surface area contributed by atoms with Crippen LogP contribution in [0.1, 0.15) is 72.1 Å². The summed E-state index contributed by atoms with van der Waals surface area (Å²) in [6, 6.07) is -0.207. The lowest BCUT2D eigenvalue weighted by Crippen LogP contribution is -2.68. The molecule has 0 radical (unpaired) electrons. The monoisotopic (exact) mass is 294 g/mol. The fourth-order valence-corrected chi connectivity index (χ4v) is 3.25. The molecule has 4 heteroatoms. The largest absolute Gasteiger partial charge is 0.340 e. The first kappa shape index (κ1) is 16.3. The first-order valence-electron chi connectivity index (χ1n) is 8.60. The van der Waals surface area contributed by atoms with Crippen LogP contribution in [-0.2, 0) is 9.59 Å². The molecule has 1 aliphatic heterocycles. The number of unbranched alkanes of at least 4 members (excludes halogenated alkanes) is 5. The van der Waals surface area contributed by atoms with E-state index in [4.69, 9.17) is 0 Å². The zero-order valence-corrected chi connectivity index (χ0v) is 13.8. The Kier molecular flexibility index (Phi) is 5.28. The Hall–Kier alpha value is -1.06. The highest BCUT2D eigenvalue weighted by molar-refractivity contribution is 5.99. The summed E-state index contributed by atoms with van der Waals surface area (Å²) in [7, 11) is 0. The zero-order valence-electron chi connectivity index (χ0n) is 13.8. The van der Waals surface area contributed by atoms with Crippen LogP contribution in [0.3, 0.4) is 0 Å². The molecule has 1 saturated heterocycles. The van der Waals surface area contributed by atoms with Crippen molar-refractivity contribution in [3.05, 3.63) is 0 Å². The van der Waals surface area contributed by atoms with E-state index in [1.54, 1.807) is 0 Å². The molecule has 1 N–H and O–H groups in total. The van der Waals surface area contributed by atoms with Crippen molar-refractivity contribution < 1.29 is 9.59 Å². The van der Waals surface area contributed by atoms with Crippen LogP contribution < -0.4 is 5.32 Å². The van der Waals surface area contributed by atoms with Crippen LogP contribution >= 0.6 is 0 Å². The molecule has 0 aromatic heterocycles. The summed E-state index contributed by atoms with van der Waals surface area (Å²) >= 11 is 0. The number of nitrogens with one attached hydrogen (secondary N) is 1. The second kappa shape index (κ2) is 6.80. The van der Waals surface area contributed by atoms with Gasteiger partial charge in [-0.3, -0.25) is 9.59 Å². The highest BCUT2D eigenvalue weighted by Crippen LogP contribution is 2.38. The molecule has 2 aliphatic rings. The summed E-state index contributed by atoms with van der Waals surface area (Å²) in [5.74, 6) is 0.533. The van der Waals surface area contributed by atoms with E-state index in [9.17, 15) is 9.59 Å². The lowest BCUT2D eigenvalue weighted by molar-refractivity contribution is -0.154. The Balaban J connectivity index is 1.89. The van der Waals surface area contributed by atoms with Gasteiger partial charge >= 0.3 is 0 Å². The fraction of sp³-hybridized carbons (Fsp3) is 0.882. The fourth-order valence-electron chi connectivity index (χ4n) is 3.25. The topological polar surface area (TPSA) is 49.4 Å². The molecule has 1 unspecified atom stereocenters. The summed E-state index contributed by atoms with van der Waals surface area (Å²) < 4.78 is 0. The molecule has 1 aliphatic carbocycles. The van der Waals surface area contributed by atoms with Gasteiger partial charge in [0.25, 0.3) is 0 Å². The minimum absolute atomic E-state index is 0.0492. The highest BCUT2D eigenvalue weighted by Gasteiger charge is 2.50. The Morgan fingerprint density at radius 1 is 1.10 bits per heavy atom. The third kappa shape index (κ3) is 3.98. The van der Waals surface area contributed by atoms with Gasteiger partial charge in [-0.15, -0.1) is 0 Å². The number of hydrogen-bond acceptors (Lipinski definition) is 2. The van der Waals surface area contributed by atoms with Crippen LogP contribution in [0.2, 0.25) is 0 Å². The summed E-state index contributed by atoms with van der Waals surface area (Å²) in [5.41, 5.74) is -0.745. The zero-order chi connectivity index (χ0) is 15.5. The molecule has 0 spiro atoms. The van der Waals surface area contributed by atoms with Crippen molar-refractivity contribution in [3.8, 4) is 0 Å². The number of nitrogens with zero attached hydrogens (tertiary/aromatic N) is 1. The van der Waals surface area contributed by atoms with Gasteiger partial charge in [-0.1, -0.05) is 39.0 Å². The van der Waals surface area contributed by atoms with Crippen molar-refractivity contribution in [2.75, 3.05) is 6.54 Å². The molecule has 1 atom stereocenters. The van der Waals surface area contributed by atoms with Crippen LogP contribution in [0, 0.1) is 5.92 Å². The Labute approximate surface area is 128 Å². The van der Waals surface area contributed by atoms with Crippen LogP contribution in [0.15, 0.2) is 0 Å². The van der Waals surface area contributed by atoms with E-state index in [2.05, 4.69) is 12.2 Å². The first-order valence-corrected chi connectivity index (χ1v) is 8.60. The van der Waals surface area contributed by atoms with E-state index in [0.29, 0.717) is 5.92 Å². The number of rotatable bonds is 8. The predicted molar refractivity (Wildman–Crippen MR) is 83.8 cm³/mol. The molecule has 1 heterocycles. The van der Waals surface area contributed by atoms with Gasteiger partial charge in [0.15, 0.2) is 0 Å². The van der Waals surface area contributed by atoms with Crippen LogP contribution in [-0.4, -0.2) is 34.8 Å². The van der Waals surface area contributed by atoms with Gasteiger partial charge in [0.1, 0.15) is 11.6 Å². The molecule has 4 nitrogen and oxygen atoms in total. The lowest BCUT2D eigenvalue weighted by atomic mass is 9.94. The quantitative estimate of drug-likeness (QED) is 0.700. The van der Waals surface area contributed by atoms with E-state index in [1.807, 2.05) is 18.7 Å². The summed E-state index contributed by atoms with van der Waals surface area (Å²) in [4.78, 5) is 26.8. The van der Waals surface area contributed by atoms with E-state index < -0.39 is 5.54 Å². The van der Waals surface area contributed by atoms with Gasteiger partial charge < -0.3 is 10.2 Å². The summed E-state index contributed by atoms with van der Waals surface area (Å²) in [6.45, 7) is 6.57. The van der Waals surface area contributed by atoms with Gasteiger partial charge in [0.2, 0.25) is 11.8 Å². The van der Waals surface area contributed by atoms with Crippen molar-refractivity contribution in [2.45, 2.75) is 83.7 Å². The molecule has 2 fully saturated rings. The van der Waals surface area contributed by atoms with Gasteiger partial charge in [-0.2, -0.15) is 0 Å².